The van der Waals surface area contributed by atoms with Gasteiger partial charge in [0, 0.05) is 29.3 Å². The third kappa shape index (κ3) is 3.00. The maximum atomic E-state index is 15.0. The molecule has 0 unspecified atom stereocenters. The van der Waals surface area contributed by atoms with Crippen LogP contribution >= 0.6 is 0 Å². The number of nitrogens with one attached hydrogen (secondary N) is 2. The fourth-order valence-electron chi connectivity index (χ4n) is 4.53. The highest BCUT2D eigenvalue weighted by molar-refractivity contribution is 5.89. The number of aromatic nitrogens is 5. The quantitative estimate of drug-likeness (QED) is 0.545. The Morgan fingerprint density at radius 1 is 1.21 bits per heavy atom. The Morgan fingerprint density at radius 2 is 2.00 bits per heavy atom. The molecule has 4 aromatic rings. The highest BCUT2D eigenvalue weighted by atomic mass is 19.1. The summed E-state index contributed by atoms with van der Waals surface area (Å²) in [4.78, 5) is 12.6. The normalized spacial score (nSPS) is 15.8. The molecule has 2 N–H and O–H groups in total. The van der Waals surface area contributed by atoms with Gasteiger partial charge in [-0.1, -0.05) is 13.8 Å². The molecule has 0 amide bonds. The smallest absolute Gasteiger partial charge is 0.158 e. The van der Waals surface area contributed by atoms with Gasteiger partial charge in [0.25, 0.3) is 0 Å². The van der Waals surface area contributed by atoms with E-state index in [4.69, 9.17) is 4.98 Å². The lowest BCUT2D eigenvalue weighted by Crippen LogP contribution is -2.27. The van der Waals surface area contributed by atoms with E-state index < -0.39 is 0 Å². The molecule has 5 rings (SSSR count). The molecule has 0 radical (unpaired) electrons. The van der Waals surface area contributed by atoms with E-state index >= 15 is 0 Å². The number of aromatic amines is 1. The van der Waals surface area contributed by atoms with Crippen LogP contribution < -0.4 is 5.32 Å². The molecule has 0 bridgehead atoms. The molecule has 150 valence electrons. The number of piperidine rings is 1. The lowest BCUT2D eigenvalue weighted by Gasteiger charge is -2.22. The molecular weight excluding hydrogens is 367 g/mol. The lowest BCUT2D eigenvalue weighted by molar-refractivity contribution is 0.437. The molecular formula is C22H25FN6. The number of H-pyrrole nitrogens is 1. The van der Waals surface area contributed by atoms with Crippen molar-refractivity contribution in [3.63, 3.8) is 0 Å². The van der Waals surface area contributed by atoms with Crippen LogP contribution in [0.5, 0.6) is 0 Å². The van der Waals surface area contributed by atoms with E-state index in [1.165, 1.54) is 0 Å². The molecule has 1 saturated heterocycles. The summed E-state index contributed by atoms with van der Waals surface area (Å²) in [6.45, 7) is 8.16. The van der Waals surface area contributed by atoms with Crippen LogP contribution in [0, 0.1) is 12.7 Å². The van der Waals surface area contributed by atoms with E-state index in [0.29, 0.717) is 5.69 Å². The molecule has 1 aliphatic rings. The minimum atomic E-state index is -0.213. The summed E-state index contributed by atoms with van der Waals surface area (Å²) in [6, 6.07) is 3.72. The Bertz CT molecular complexity index is 1200. The van der Waals surface area contributed by atoms with Gasteiger partial charge >= 0.3 is 0 Å². The summed E-state index contributed by atoms with van der Waals surface area (Å²) in [5, 5.41) is 7.64. The summed E-state index contributed by atoms with van der Waals surface area (Å²) >= 11 is 0. The van der Waals surface area contributed by atoms with Crippen molar-refractivity contribution in [1.82, 2.24) is 29.9 Å². The van der Waals surface area contributed by atoms with E-state index in [-0.39, 0.29) is 17.7 Å². The zero-order chi connectivity index (χ0) is 20.1. The van der Waals surface area contributed by atoms with Crippen molar-refractivity contribution < 1.29 is 4.39 Å². The van der Waals surface area contributed by atoms with Crippen molar-refractivity contribution in [3.05, 3.63) is 47.3 Å². The molecule has 0 aromatic carbocycles. The Labute approximate surface area is 168 Å². The van der Waals surface area contributed by atoms with Crippen LogP contribution in [0.25, 0.3) is 27.9 Å². The Morgan fingerprint density at radius 3 is 2.76 bits per heavy atom. The van der Waals surface area contributed by atoms with Gasteiger partial charge in [0.2, 0.25) is 0 Å². The van der Waals surface area contributed by atoms with Crippen molar-refractivity contribution in [1.29, 1.82) is 0 Å². The van der Waals surface area contributed by atoms with Gasteiger partial charge in [-0.25, -0.2) is 18.9 Å². The molecule has 4 aromatic heterocycles. The highest BCUT2D eigenvalue weighted by Gasteiger charge is 2.24. The van der Waals surface area contributed by atoms with Crippen LogP contribution in [0.4, 0.5) is 4.39 Å². The van der Waals surface area contributed by atoms with Crippen molar-refractivity contribution in [3.8, 4) is 11.3 Å². The number of hydrogen-bond donors (Lipinski definition) is 2. The standard InChI is InChI=1S/C22H25FN6/c1-12(2)18-20(15-8-13(3)22-25-11-26-29(22)10-15)27-17-9-16(23)19(28-21(17)18)14-4-6-24-7-5-14/h8-12,14,24,27H,4-7H2,1-3H3. The first-order valence-corrected chi connectivity index (χ1v) is 10.3. The molecule has 29 heavy (non-hydrogen) atoms. The Hall–Kier alpha value is -2.80. The van der Waals surface area contributed by atoms with E-state index in [1.807, 2.05) is 13.1 Å². The predicted molar refractivity (Wildman–Crippen MR) is 112 cm³/mol. The predicted octanol–water partition coefficient (Wildman–Crippen LogP) is 4.31. The first kappa shape index (κ1) is 18.2. The number of nitrogens with zero attached hydrogens (tertiary/aromatic N) is 4. The van der Waals surface area contributed by atoms with E-state index in [1.54, 1.807) is 16.9 Å². The van der Waals surface area contributed by atoms with Crippen LogP contribution in [-0.4, -0.2) is 37.7 Å². The maximum absolute atomic E-state index is 15.0. The van der Waals surface area contributed by atoms with Gasteiger partial charge in [-0.15, -0.1) is 0 Å². The van der Waals surface area contributed by atoms with Gasteiger partial charge in [-0.3, -0.25) is 0 Å². The van der Waals surface area contributed by atoms with Crippen LogP contribution in [0.2, 0.25) is 0 Å². The summed E-state index contributed by atoms with van der Waals surface area (Å²) in [7, 11) is 0. The van der Waals surface area contributed by atoms with E-state index in [9.17, 15) is 4.39 Å². The van der Waals surface area contributed by atoms with Gasteiger partial charge in [-0.05, 0) is 50.4 Å². The second kappa shape index (κ2) is 6.91. The molecule has 0 spiro atoms. The second-order valence-corrected chi connectivity index (χ2v) is 8.28. The molecule has 6 nitrogen and oxygen atoms in total. The number of rotatable bonds is 3. The fraction of sp³-hybridized carbons (Fsp3) is 0.409. The largest absolute Gasteiger partial charge is 0.353 e. The number of halogens is 1. The average Bonchev–Trinajstić information content (AvgIpc) is 3.32. The van der Waals surface area contributed by atoms with Gasteiger partial charge in [0.1, 0.15) is 12.1 Å². The summed E-state index contributed by atoms with van der Waals surface area (Å²) in [5.74, 6) is 0.201. The first-order valence-electron chi connectivity index (χ1n) is 10.3. The zero-order valence-electron chi connectivity index (χ0n) is 17.0. The van der Waals surface area contributed by atoms with Crippen LogP contribution in [0.1, 0.15) is 55.3 Å². The van der Waals surface area contributed by atoms with Crippen LogP contribution in [0.15, 0.2) is 24.7 Å². The highest BCUT2D eigenvalue weighted by Crippen LogP contribution is 2.37. The molecule has 0 saturated carbocycles. The van der Waals surface area contributed by atoms with Gasteiger partial charge in [0.15, 0.2) is 5.65 Å². The minimum absolute atomic E-state index is 0.174. The fourth-order valence-corrected chi connectivity index (χ4v) is 4.53. The molecule has 1 aliphatic heterocycles. The zero-order valence-corrected chi connectivity index (χ0v) is 17.0. The average molecular weight is 392 g/mol. The minimum Gasteiger partial charge on any atom is -0.353 e. The van der Waals surface area contributed by atoms with E-state index in [2.05, 4.69) is 40.3 Å². The van der Waals surface area contributed by atoms with Crippen LogP contribution in [-0.2, 0) is 0 Å². The monoisotopic (exact) mass is 392 g/mol. The third-order valence-electron chi connectivity index (χ3n) is 5.94. The Balaban J connectivity index is 1.72. The lowest BCUT2D eigenvalue weighted by atomic mass is 9.93. The van der Waals surface area contributed by atoms with Crippen molar-refractivity contribution in [2.24, 2.45) is 0 Å². The van der Waals surface area contributed by atoms with Crippen molar-refractivity contribution in [2.75, 3.05) is 13.1 Å². The maximum Gasteiger partial charge on any atom is 0.158 e. The summed E-state index contributed by atoms with van der Waals surface area (Å²) in [5.41, 5.74) is 7.21. The topological polar surface area (TPSA) is 70.9 Å². The second-order valence-electron chi connectivity index (χ2n) is 8.28. The number of fused-ring (bicyclic) bond motifs is 2. The van der Waals surface area contributed by atoms with Crippen molar-refractivity contribution >= 4 is 16.7 Å². The van der Waals surface area contributed by atoms with Crippen LogP contribution in [0.3, 0.4) is 0 Å². The SMILES string of the molecule is Cc1cc(-c2[nH]c3cc(F)c(C4CCNCC4)nc3c2C(C)C)cn2ncnc12. The van der Waals surface area contributed by atoms with E-state index in [0.717, 1.165) is 65.0 Å². The molecule has 0 atom stereocenters. The third-order valence-corrected chi connectivity index (χ3v) is 5.94. The Kier molecular flexibility index (Phi) is 4.35. The number of hydrogen-bond acceptors (Lipinski definition) is 4. The molecule has 1 fully saturated rings. The van der Waals surface area contributed by atoms with Gasteiger partial charge < -0.3 is 10.3 Å². The summed E-state index contributed by atoms with van der Waals surface area (Å²) in [6.07, 6.45) is 5.37. The van der Waals surface area contributed by atoms with Crippen molar-refractivity contribution in [2.45, 2.75) is 45.4 Å². The number of aryl methyl sites for hydroxylation is 1. The molecule has 7 heteroatoms. The molecule has 5 heterocycles. The first-order chi connectivity index (χ1) is 14.0. The molecule has 0 aliphatic carbocycles. The van der Waals surface area contributed by atoms with Gasteiger partial charge in [0.05, 0.1) is 22.4 Å². The van der Waals surface area contributed by atoms with Gasteiger partial charge in [-0.2, -0.15) is 5.10 Å². The summed E-state index contributed by atoms with van der Waals surface area (Å²) < 4.78 is 16.7. The number of pyridine rings is 2.